The number of aryl methyl sites for hydroxylation is 1. The molecule has 0 bridgehead atoms. The number of ketones is 1. The maximum Gasteiger partial charge on any atom is 0.220 e. The Labute approximate surface area is 220 Å². The molecule has 5 heteroatoms. The predicted octanol–water partition coefficient (Wildman–Crippen LogP) is 6.53. The zero-order valence-electron chi connectivity index (χ0n) is 23.6. The molecule has 2 rings (SSSR count). The average Bonchev–Trinajstić information content (AvgIpc) is 2.84. The van der Waals surface area contributed by atoms with Gasteiger partial charge in [0.05, 0.1) is 0 Å². The normalized spacial score (nSPS) is 11.2. The van der Waals surface area contributed by atoms with E-state index >= 15 is 0 Å². The van der Waals surface area contributed by atoms with Crippen LogP contribution >= 0.6 is 0 Å². The molecule has 0 aliphatic carbocycles. The summed E-state index contributed by atoms with van der Waals surface area (Å²) in [6.07, 6.45) is 5.64. The molecular weight excluding hydrogens is 448 g/mol. The second-order valence-electron chi connectivity index (χ2n) is 9.38. The predicted molar refractivity (Wildman–Crippen MR) is 153 cm³/mol. The number of primary amides is 1. The van der Waals surface area contributed by atoms with Gasteiger partial charge in [-0.15, -0.1) is 0 Å². The van der Waals surface area contributed by atoms with E-state index in [4.69, 9.17) is 4.79 Å². The first-order valence-electron chi connectivity index (χ1n) is 13.2. The summed E-state index contributed by atoms with van der Waals surface area (Å²) in [6.45, 7) is 14.4. The Kier molecular flexibility index (Phi) is 23.3. The van der Waals surface area contributed by atoms with Gasteiger partial charge in [-0.2, -0.15) is 0 Å². The number of rotatable bonds is 10. The summed E-state index contributed by atoms with van der Waals surface area (Å²) >= 11 is 0. The van der Waals surface area contributed by atoms with E-state index in [1.807, 2.05) is 36.4 Å². The lowest BCUT2D eigenvalue weighted by Gasteiger charge is -2.25. The van der Waals surface area contributed by atoms with Crippen LogP contribution in [0.2, 0.25) is 0 Å². The highest BCUT2D eigenvalue weighted by Gasteiger charge is 2.19. The fourth-order valence-electron chi connectivity index (χ4n) is 3.15. The molecule has 2 aromatic rings. The van der Waals surface area contributed by atoms with Gasteiger partial charge in [0.25, 0.3) is 0 Å². The molecule has 0 aromatic heterocycles. The van der Waals surface area contributed by atoms with Gasteiger partial charge in [0, 0.05) is 18.9 Å². The SMILES string of the molecule is CC(=O)CCc1ccccc1.CCC.CC[C@H](C)C(Cc1ccccc1)NC(=O)CC(C)C.NC=O. The van der Waals surface area contributed by atoms with Crippen molar-refractivity contribution >= 4 is 18.1 Å². The quantitative estimate of drug-likeness (QED) is 0.365. The van der Waals surface area contributed by atoms with Gasteiger partial charge in [-0.25, -0.2) is 0 Å². The van der Waals surface area contributed by atoms with Gasteiger partial charge in [0.2, 0.25) is 12.3 Å². The first-order chi connectivity index (χ1) is 17.1. The van der Waals surface area contributed by atoms with Crippen molar-refractivity contribution in [3.8, 4) is 0 Å². The minimum Gasteiger partial charge on any atom is -0.372 e. The van der Waals surface area contributed by atoms with Crippen molar-refractivity contribution in [2.75, 3.05) is 0 Å². The minimum atomic E-state index is 0.177. The maximum absolute atomic E-state index is 12.0. The van der Waals surface area contributed by atoms with Crippen molar-refractivity contribution in [1.29, 1.82) is 0 Å². The van der Waals surface area contributed by atoms with Gasteiger partial charge in [-0.3, -0.25) is 9.59 Å². The fraction of sp³-hybridized carbons (Fsp3) is 0.516. The highest BCUT2D eigenvalue weighted by Crippen LogP contribution is 2.14. The van der Waals surface area contributed by atoms with E-state index in [9.17, 15) is 9.59 Å². The number of benzene rings is 2. The number of amides is 2. The van der Waals surface area contributed by atoms with Crippen LogP contribution in [0, 0.1) is 11.8 Å². The van der Waals surface area contributed by atoms with Crippen LogP contribution < -0.4 is 11.1 Å². The third-order valence-corrected chi connectivity index (χ3v) is 5.18. The molecule has 2 atom stereocenters. The summed E-state index contributed by atoms with van der Waals surface area (Å²) < 4.78 is 0. The van der Waals surface area contributed by atoms with Gasteiger partial charge in [-0.1, -0.05) is 115 Å². The number of nitrogens with two attached hydrogens (primary N) is 1. The van der Waals surface area contributed by atoms with Crippen LogP contribution in [0.15, 0.2) is 60.7 Å². The Hall–Kier alpha value is -2.95. The van der Waals surface area contributed by atoms with Crippen molar-refractivity contribution < 1.29 is 14.4 Å². The Morgan fingerprint density at radius 1 is 0.889 bits per heavy atom. The summed E-state index contributed by atoms with van der Waals surface area (Å²) in [5.74, 6) is 1.34. The van der Waals surface area contributed by atoms with Crippen molar-refractivity contribution in [1.82, 2.24) is 5.32 Å². The Balaban J connectivity index is 0. The highest BCUT2D eigenvalue weighted by molar-refractivity contribution is 5.76. The Bertz CT molecular complexity index is 792. The summed E-state index contributed by atoms with van der Waals surface area (Å²) in [7, 11) is 0. The summed E-state index contributed by atoms with van der Waals surface area (Å²) in [6, 6.07) is 20.7. The molecular formula is C31H50N2O3. The summed E-state index contributed by atoms with van der Waals surface area (Å²) in [5, 5.41) is 3.21. The number of carbonyl (C=O) groups excluding carboxylic acids is 3. The fourth-order valence-corrected chi connectivity index (χ4v) is 3.15. The highest BCUT2D eigenvalue weighted by atomic mass is 16.1. The van der Waals surface area contributed by atoms with Crippen molar-refractivity contribution in [2.45, 2.75) is 93.0 Å². The molecule has 36 heavy (non-hydrogen) atoms. The van der Waals surface area contributed by atoms with Crippen molar-refractivity contribution in [3.05, 3.63) is 71.8 Å². The van der Waals surface area contributed by atoms with E-state index in [1.165, 1.54) is 17.5 Å². The molecule has 3 N–H and O–H groups in total. The van der Waals surface area contributed by atoms with Crippen LogP contribution in [0.1, 0.15) is 85.3 Å². The Morgan fingerprint density at radius 3 is 1.72 bits per heavy atom. The molecule has 0 saturated carbocycles. The molecule has 2 amide bonds. The molecule has 0 fully saturated rings. The summed E-state index contributed by atoms with van der Waals surface area (Å²) in [4.78, 5) is 31.2. The molecule has 0 radical (unpaired) electrons. The van der Waals surface area contributed by atoms with Gasteiger partial charge in [0.15, 0.2) is 0 Å². The molecule has 0 aliphatic heterocycles. The van der Waals surface area contributed by atoms with Crippen LogP contribution in [-0.2, 0) is 27.2 Å². The van der Waals surface area contributed by atoms with Crippen molar-refractivity contribution in [2.24, 2.45) is 17.6 Å². The molecule has 0 spiro atoms. The third kappa shape index (κ3) is 21.6. The van der Waals surface area contributed by atoms with E-state index in [0.29, 0.717) is 24.7 Å². The first-order valence-corrected chi connectivity index (χ1v) is 13.2. The van der Waals surface area contributed by atoms with Crippen LogP contribution in [0.4, 0.5) is 0 Å². The lowest BCUT2D eigenvalue weighted by Crippen LogP contribution is -2.41. The molecule has 202 valence electrons. The van der Waals surface area contributed by atoms with E-state index in [-0.39, 0.29) is 24.1 Å². The van der Waals surface area contributed by atoms with Crippen LogP contribution in [0.5, 0.6) is 0 Å². The topological polar surface area (TPSA) is 89.3 Å². The lowest BCUT2D eigenvalue weighted by atomic mass is 9.92. The number of carbonyl (C=O) groups is 3. The number of nitrogens with one attached hydrogen (secondary N) is 1. The zero-order chi connectivity index (χ0) is 27.8. The maximum atomic E-state index is 12.0. The average molecular weight is 499 g/mol. The third-order valence-electron chi connectivity index (χ3n) is 5.18. The van der Waals surface area contributed by atoms with Gasteiger partial charge < -0.3 is 15.8 Å². The molecule has 0 heterocycles. The van der Waals surface area contributed by atoms with E-state index in [1.54, 1.807) is 6.92 Å². The standard InChI is InChI=1S/C17H27NO.C10H12O.C3H8.CH3NO/c1-5-14(4)16(18-17(19)11-13(2)3)12-15-9-7-6-8-10-15;1-9(11)7-8-10-5-3-2-4-6-10;1-3-2;2-1-3/h6-10,13-14,16H,5,11-12H2,1-4H3,(H,18,19);2-6H,7-8H2,1H3;3H2,1-2H3;1H,(H2,2,3)/t14-,16?;;;/m0.../s1. The first kappa shape index (κ1) is 35.2. The van der Waals surface area contributed by atoms with E-state index < -0.39 is 0 Å². The zero-order valence-corrected chi connectivity index (χ0v) is 23.6. The second-order valence-corrected chi connectivity index (χ2v) is 9.38. The Morgan fingerprint density at radius 2 is 1.33 bits per heavy atom. The van der Waals surface area contributed by atoms with Gasteiger partial charge in [0.1, 0.15) is 5.78 Å². The largest absolute Gasteiger partial charge is 0.372 e. The van der Waals surface area contributed by atoms with Crippen LogP contribution in [-0.4, -0.2) is 24.1 Å². The molecule has 1 unspecified atom stereocenters. The molecule has 0 saturated heterocycles. The van der Waals surface area contributed by atoms with Gasteiger partial charge in [-0.05, 0) is 42.7 Å². The van der Waals surface area contributed by atoms with E-state index in [0.717, 1.165) is 19.3 Å². The molecule has 5 nitrogen and oxygen atoms in total. The lowest BCUT2D eigenvalue weighted by molar-refractivity contribution is -0.123. The van der Waals surface area contributed by atoms with Gasteiger partial charge >= 0.3 is 0 Å². The number of Topliss-reactive ketones (excluding diaryl/α,β-unsaturated/α-hetero) is 1. The second kappa shape index (κ2) is 23.8. The minimum absolute atomic E-state index is 0.177. The smallest absolute Gasteiger partial charge is 0.220 e. The van der Waals surface area contributed by atoms with Crippen LogP contribution in [0.25, 0.3) is 0 Å². The monoisotopic (exact) mass is 498 g/mol. The number of hydrogen-bond donors (Lipinski definition) is 2. The summed E-state index contributed by atoms with van der Waals surface area (Å²) in [5.41, 5.74) is 6.69. The molecule has 2 aromatic carbocycles. The van der Waals surface area contributed by atoms with E-state index in [2.05, 4.69) is 76.9 Å². The molecule has 0 aliphatic rings. The van der Waals surface area contributed by atoms with Crippen molar-refractivity contribution in [3.63, 3.8) is 0 Å². The number of hydrogen-bond acceptors (Lipinski definition) is 3. The van der Waals surface area contributed by atoms with Crippen LogP contribution in [0.3, 0.4) is 0 Å².